The summed E-state index contributed by atoms with van der Waals surface area (Å²) in [5, 5.41) is 0. The van der Waals surface area contributed by atoms with E-state index in [1.165, 1.54) is 0 Å². The van der Waals surface area contributed by atoms with Crippen molar-refractivity contribution in [2.75, 3.05) is 0 Å². The van der Waals surface area contributed by atoms with Crippen molar-refractivity contribution in [1.82, 2.24) is 0 Å². The standard InChI is InChI=1S/C8H7Br.H2S/c1-7(9)8-5-3-2-4-6-8;/h2-6H,1H2;1H2. The molecule has 0 aliphatic rings. The summed E-state index contributed by atoms with van der Waals surface area (Å²) < 4.78 is 0.933. The smallest absolute Gasteiger partial charge is 0.0175 e. The van der Waals surface area contributed by atoms with Crippen LogP contribution in [0.2, 0.25) is 0 Å². The predicted molar refractivity (Wildman–Crippen MR) is 54.8 cm³/mol. The highest BCUT2D eigenvalue weighted by molar-refractivity contribution is 9.15. The van der Waals surface area contributed by atoms with Gasteiger partial charge in [-0.2, -0.15) is 13.5 Å². The van der Waals surface area contributed by atoms with E-state index in [9.17, 15) is 0 Å². The van der Waals surface area contributed by atoms with Gasteiger partial charge in [-0.25, -0.2) is 0 Å². The monoisotopic (exact) mass is 216 g/mol. The molecule has 0 bridgehead atoms. The summed E-state index contributed by atoms with van der Waals surface area (Å²) in [5.41, 5.74) is 1.14. The maximum atomic E-state index is 3.74. The average Bonchev–Trinajstić information content (AvgIpc) is 1.90. The Hall–Kier alpha value is -0.210. The van der Waals surface area contributed by atoms with Gasteiger partial charge in [0.2, 0.25) is 0 Å². The maximum Gasteiger partial charge on any atom is 0.0175 e. The highest BCUT2D eigenvalue weighted by atomic mass is 79.9. The topological polar surface area (TPSA) is 0 Å². The van der Waals surface area contributed by atoms with Gasteiger partial charge in [-0.15, -0.1) is 0 Å². The second kappa shape index (κ2) is 4.58. The van der Waals surface area contributed by atoms with E-state index in [-0.39, 0.29) is 13.5 Å². The van der Waals surface area contributed by atoms with E-state index in [1.807, 2.05) is 30.3 Å². The summed E-state index contributed by atoms with van der Waals surface area (Å²) in [7, 11) is 0. The molecule has 0 fully saturated rings. The van der Waals surface area contributed by atoms with Gasteiger partial charge in [0, 0.05) is 4.48 Å². The number of hydrogen-bond donors (Lipinski definition) is 0. The molecule has 0 spiro atoms. The van der Waals surface area contributed by atoms with Crippen LogP contribution in [-0.2, 0) is 0 Å². The fourth-order valence-electron chi connectivity index (χ4n) is 0.619. The SMILES string of the molecule is C=C(Br)c1ccccc1.S. The second-order valence-corrected chi connectivity index (χ2v) is 2.73. The van der Waals surface area contributed by atoms with Gasteiger partial charge in [0.15, 0.2) is 0 Å². The number of halogens is 1. The van der Waals surface area contributed by atoms with Crippen LogP contribution in [0.3, 0.4) is 0 Å². The zero-order valence-electron chi connectivity index (χ0n) is 5.47. The lowest BCUT2D eigenvalue weighted by Crippen LogP contribution is -1.69. The summed E-state index contributed by atoms with van der Waals surface area (Å²) in [6.07, 6.45) is 0. The Morgan fingerprint density at radius 2 is 1.70 bits per heavy atom. The van der Waals surface area contributed by atoms with E-state index in [4.69, 9.17) is 0 Å². The van der Waals surface area contributed by atoms with Crippen LogP contribution in [-0.4, -0.2) is 0 Å². The third-order valence-electron chi connectivity index (χ3n) is 1.09. The van der Waals surface area contributed by atoms with Gasteiger partial charge in [-0.1, -0.05) is 52.8 Å². The normalized spacial score (nSPS) is 8.10. The van der Waals surface area contributed by atoms with E-state index in [0.29, 0.717) is 0 Å². The summed E-state index contributed by atoms with van der Waals surface area (Å²) in [4.78, 5) is 0. The van der Waals surface area contributed by atoms with Crippen LogP contribution < -0.4 is 0 Å². The van der Waals surface area contributed by atoms with Crippen LogP contribution in [0, 0.1) is 0 Å². The molecule has 2 heteroatoms. The lowest BCUT2D eigenvalue weighted by atomic mass is 10.2. The van der Waals surface area contributed by atoms with Gasteiger partial charge in [0.05, 0.1) is 0 Å². The first kappa shape index (κ1) is 9.79. The van der Waals surface area contributed by atoms with Gasteiger partial charge in [0.25, 0.3) is 0 Å². The minimum Gasteiger partial charge on any atom is -0.197 e. The molecule has 1 rings (SSSR count). The van der Waals surface area contributed by atoms with Crippen LogP contribution in [0.4, 0.5) is 0 Å². The lowest BCUT2D eigenvalue weighted by molar-refractivity contribution is 1.66. The molecule has 0 saturated carbocycles. The number of benzene rings is 1. The molecular formula is C8H9BrS. The van der Waals surface area contributed by atoms with Crippen molar-refractivity contribution in [1.29, 1.82) is 0 Å². The molecule has 0 amide bonds. The summed E-state index contributed by atoms with van der Waals surface area (Å²) in [6.45, 7) is 3.74. The fraction of sp³-hybridized carbons (Fsp3) is 0. The van der Waals surface area contributed by atoms with Crippen LogP contribution in [0.15, 0.2) is 36.9 Å². The van der Waals surface area contributed by atoms with Crippen molar-refractivity contribution in [3.63, 3.8) is 0 Å². The van der Waals surface area contributed by atoms with Crippen molar-refractivity contribution in [3.8, 4) is 0 Å². The first-order valence-electron chi connectivity index (χ1n) is 2.70. The van der Waals surface area contributed by atoms with E-state index in [0.717, 1.165) is 10.0 Å². The third kappa shape index (κ3) is 2.58. The predicted octanol–water partition coefficient (Wildman–Crippen LogP) is 3.17. The number of rotatable bonds is 1. The first-order valence-corrected chi connectivity index (χ1v) is 3.50. The largest absolute Gasteiger partial charge is 0.197 e. The van der Waals surface area contributed by atoms with E-state index in [2.05, 4.69) is 22.5 Å². The highest BCUT2D eigenvalue weighted by Gasteiger charge is 1.88. The number of hydrogen-bond acceptors (Lipinski definition) is 0. The highest BCUT2D eigenvalue weighted by Crippen LogP contribution is 2.16. The summed E-state index contributed by atoms with van der Waals surface area (Å²) in [5.74, 6) is 0. The Morgan fingerprint density at radius 3 is 2.00 bits per heavy atom. The molecule has 54 valence electrons. The molecule has 0 nitrogen and oxygen atoms in total. The van der Waals surface area contributed by atoms with Crippen molar-refractivity contribution < 1.29 is 0 Å². The molecule has 0 heterocycles. The van der Waals surface area contributed by atoms with Crippen LogP contribution in [0.5, 0.6) is 0 Å². The zero-order chi connectivity index (χ0) is 6.69. The molecule has 1 aromatic carbocycles. The molecule has 0 aliphatic carbocycles. The minimum atomic E-state index is 0. The fourth-order valence-corrected chi connectivity index (χ4v) is 0.883. The molecule has 0 atom stereocenters. The van der Waals surface area contributed by atoms with E-state index < -0.39 is 0 Å². The van der Waals surface area contributed by atoms with Gasteiger partial charge in [-0.05, 0) is 5.56 Å². The Morgan fingerprint density at radius 1 is 1.20 bits per heavy atom. The molecule has 10 heavy (non-hydrogen) atoms. The molecular weight excluding hydrogens is 208 g/mol. The average molecular weight is 217 g/mol. The Kier molecular flexibility index (Phi) is 4.49. The Balaban J connectivity index is 0.000000810. The molecule has 0 radical (unpaired) electrons. The summed E-state index contributed by atoms with van der Waals surface area (Å²) >= 11 is 3.29. The minimum absolute atomic E-state index is 0. The first-order chi connectivity index (χ1) is 4.30. The van der Waals surface area contributed by atoms with Crippen molar-refractivity contribution in [3.05, 3.63) is 42.5 Å². The van der Waals surface area contributed by atoms with Crippen molar-refractivity contribution >= 4 is 33.9 Å². The second-order valence-electron chi connectivity index (χ2n) is 1.77. The van der Waals surface area contributed by atoms with Crippen molar-refractivity contribution in [2.24, 2.45) is 0 Å². The van der Waals surface area contributed by atoms with Gasteiger partial charge in [-0.3, -0.25) is 0 Å². The Labute approximate surface area is 76.5 Å². The summed E-state index contributed by atoms with van der Waals surface area (Å²) in [6, 6.07) is 9.98. The third-order valence-corrected chi connectivity index (χ3v) is 1.54. The molecule has 1 aromatic rings. The van der Waals surface area contributed by atoms with Crippen LogP contribution in [0.25, 0.3) is 4.48 Å². The van der Waals surface area contributed by atoms with Gasteiger partial charge < -0.3 is 0 Å². The van der Waals surface area contributed by atoms with Crippen LogP contribution >= 0.6 is 29.4 Å². The Bertz CT molecular complexity index is 206. The van der Waals surface area contributed by atoms with Crippen LogP contribution in [0.1, 0.15) is 5.56 Å². The zero-order valence-corrected chi connectivity index (χ0v) is 8.06. The quantitative estimate of drug-likeness (QED) is 0.677. The maximum absolute atomic E-state index is 3.74. The molecule has 0 N–H and O–H groups in total. The van der Waals surface area contributed by atoms with Crippen molar-refractivity contribution in [2.45, 2.75) is 0 Å². The van der Waals surface area contributed by atoms with Gasteiger partial charge >= 0.3 is 0 Å². The van der Waals surface area contributed by atoms with E-state index in [1.54, 1.807) is 0 Å². The molecule has 0 aliphatic heterocycles. The van der Waals surface area contributed by atoms with Gasteiger partial charge in [0.1, 0.15) is 0 Å². The molecule has 0 aromatic heterocycles. The molecule has 0 saturated heterocycles. The van der Waals surface area contributed by atoms with E-state index >= 15 is 0 Å². The molecule has 0 unspecified atom stereocenters. The lowest BCUT2D eigenvalue weighted by Gasteiger charge is -1.92.